The van der Waals surface area contributed by atoms with E-state index in [0.29, 0.717) is 10.7 Å². The molecule has 0 spiro atoms. The lowest BCUT2D eigenvalue weighted by Gasteiger charge is -1.93. The number of aliphatic hydroxyl groups is 1. The Kier molecular flexibility index (Phi) is 1.97. The Balaban J connectivity index is 3.01. The summed E-state index contributed by atoms with van der Waals surface area (Å²) in [6.07, 6.45) is 2.82. The van der Waals surface area contributed by atoms with Gasteiger partial charge >= 0.3 is 0 Å². The minimum atomic E-state index is -0.111. The maximum atomic E-state index is 8.55. The first-order valence-electron chi connectivity index (χ1n) is 2.40. The van der Waals surface area contributed by atoms with E-state index in [0.717, 1.165) is 0 Å². The summed E-state index contributed by atoms with van der Waals surface area (Å²) in [4.78, 5) is 7.31. The first-order valence-corrected chi connectivity index (χ1v) is 2.77. The monoisotopic (exact) mass is 144 g/mol. The number of hydrogen-bond acceptors (Lipinski definition) is 3. The third-order valence-electron chi connectivity index (χ3n) is 0.903. The molecule has 9 heavy (non-hydrogen) atoms. The average molecular weight is 145 g/mol. The van der Waals surface area contributed by atoms with Crippen molar-refractivity contribution in [1.29, 1.82) is 0 Å². The molecule has 0 radical (unpaired) electrons. The summed E-state index contributed by atoms with van der Waals surface area (Å²) in [5, 5.41) is 8.87. The number of aromatic nitrogens is 2. The van der Waals surface area contributed by atoms with Crippen LogP contribution in [0, 0.1) is 0 Å². The topological polar surface area (TPSA) is 46.0 Å². The quantitative estimate of drug-likeness (QED) is 0.588. The molecule has 1 heterocycles. The average Bonchev–Trinajstić information content (AvgIpc) is 1.89. The van der Waals surface area contributed by atoms with E-state index in [-0.39, 0.29) is 6.61 Å². The van der Waals surface area contributed by atoms with Crippen LogP contribution in [0.15, 0.2) is 12.5 Å². The summed E-state index contributed by atoms with van der Waals surface area (Å²) in [6.45, 7) is -0.111. The summed E-state index contributed by atoms with van der Waals surface area (Å²) in [6, 6.07) is 0. The van der Waals surface area contributed by atoms with Crippen molar-refractivity contribution in [1.82, 2.24) is 9.97 Å². The maximum Gasteiger partial charge on any atom is 0.137 e. The van der Waals surface area contributed by atoms with Gasteiger partial charge in [-0.3, -0.25) is 0 Å². The lowest BCUT2D eigenvalue weighted by atomic mass is 10.4. The Hall–Kier alpha value is -0.670. The van der Waals surface area contributed by atoms with Gasteiger partial charge in [0.05, 0.1) is 6.61 Å². The summed E-state index contributed by atoms with van der Waals surface area (Å²) in [5.74, 6) is 0. The van der Waals surface area contributed by atoms with Crippen molar-refractivity contribution in [3.05, 3.63) is 23.2 Å². The Labute approximate surface area is 57.3 Å². The highest BCUT2D eigenvalue weighted by Gasteiger charge is 1.95. The zero-order chi connectivity index (χ0) is 6.69. The van der Waals surface area contributed by atoms with Crippen LogP contribution in [0.1, 0.15) is 5.56 Å². The molecule has 0 bridgehead atoms. The van der Waals surface area contributed by atoms with Gasteiger partial charge in [0.15, 0.2) is 0 Å². The second-order valence-corrected chi connectivity index (χ2v) is 1.85. The normalized spacial score (nSPS) is 9.56. The minimum absolute atomic E-state index is 0.111. The van der Waals surface area contributed by atoms with Gasteiger partial charge in [-0.15, -0.1) is 0 Å². The van der Waals surface area contributed by atoms with Crippen molar-refractivity contribution in [2.24, 2.45) is 0 Å². The van der Waals surface area contributed by atoms with Crippen LogP contribution in [0.5, 0.6) is 0 Å². The summed E-state index contributed by atoms with van der Waals surface area (Å²) in [5.41, 5.74) is 0.555. The highest BCUT2D eigenvalue weighted by molar-refractivity contribution is 6.30. The van der Waals surface area contributed by atoms with Crippen LogP contribution in [0.2, 0.25) is 5.15 Å². The summed E-state index contributed by atoms with van der Waals surface area (Å²) in [7, 11) is 0. The smallest absolute Gasteiger partial charge is 0.137 e. The molecular weight excluding hydrogens is 140 g/mol. The Morgan fingerprint density at radius 1 is 1.67 bits per heavy atom. The molecule has 0 aromatic carbocycles. The molecule has 1 aromatic rings. The van der Waals surface area contributed by atoms with Crippen LogP contribution >= 0.6 is 11.6 Å². The van der Waals surface area contributed by atoms with Crippen LogP contribution in [-0.2, 0) is 6.61 Å². The van der Waals surface area contributed by atoms with Crippen LogP contribution in [0.25, 0.3) is 0 Å². The maximum absolute atomic E-state index is 8.55. The predicted molar refractivity (Wildman–Crippen MR) is 33.0 cm³/mol. The first kappa shape index (κ1) is 6.45. The van der Waals surface area contributed by atoms with Crippen LogP contribution in [0.4, 0.5) is 0 Å². The molecule has 0 saturated heterocycles. The number of nitrogens with zero attached hydrogens (tertiary/aromatic N) is 2. The number of rotatable bonds is 1. The Bertz CT molecular complexity index is 204. The van der Waals surface area contributed by atoms with Gasteiger partial charge in [0.1, 0.15) is 11.5 Å². The van der Waals surface area contributed by atoms with E-state index in [1.807, 2.05) is 0 Å². The van der Waals surface area contributed by atoms with E-state index >= 15 is 0 Å². The van der Waals surface area contributed by atoms with Gasteiger partial charge in [0, 0.05) is 11.8 Å². The molecule has 3 nitrogen and oxygen atoms in total. The highest BCUT2D eigenvalue weighted by atomic mass is 35.5. The van der Waals surface area contributed by atoms with Crippen molar-refractivity contribution in [2.75, 3.05) is 0 Å². The number of hydrogen-bond donors (Lipinski definition) is 1. The predicted octanol–water partition coefficient (Wildman–Crippen LogP) is 0.622. The molecule has 0 fully saturated rings. The van der Waals surface area contributed by atoms with Crippen molar-refractivity contribution in [2.45, 2.75) is 6.61 Å². The lowest BCUT2D eigenvalue weighted by molar-refractivity contribution is 0.281. The highest BCUT2D eigenvalue weighted by Crippen LogP contribution is 2.08. The third kappa shape index (κ3) is 1.37. The van der Waals surface area contributed by atoms with Crippen LogP contribution < -0.4 is 0 Å². The van der Waals surface area contributed by atoms with E-state index in [2.05, 4.69) is 9.97 Å². The number of halogens is 1. The molecule has 48 valence electrons. The van der Waals surface area contributed by atoms with Crippen LogP contribution in [0.3, 0.4) is 0 Å². The molecule has 0 aliphatic rings. The number of aliphatic hydroxyl groups excluding tert-OH is 1. The second kappa shape index (κ2) is 2.75. The van der Waals surface area contributed by atoms with Gasteiger partial charge in [0.2, 0.25) is 0 Å². The van der Waals surface area contributed by atoms with Gasteiger partial charge in [-0.05, 0) is 0 Å². The molecule has 0 aliphatic heterocycles. The molecule has 0 atom stereocenters. The van der Waals surface area contributed by atoms with Crippen molar-refractivity contribution < 1.29 is 5.11 Å². The largest absolute Gasteiger partial charge is 0.392 e. The van der Waals surface area contributed by atoms with Crippen molar-refractivity contribution in [3.8, 4) is 0 Å². The Morgan fingerprint density at radius 3 is 2.89 bits per heavy atom. The second-order valence-electron chi connectivity index (χ2n) is 1.50. The molecular formula is C5H5ClN2O. The van der Waals surface area contributed by atoms with Gasteiger partial charge in [0.25, 0.3) is 0 Å². The van der Waals surface area contributed by atoms with Crippen molar-refractivity contribution in [3.63, 3.8) is 0 Å². The van der Waals surface area contributed by atoms with Gasteiger partial charge in [-0.2, -0.15) is 0 Å². The molecule has 0 saturated carbocycles. The molecule has 1 N–H and O–H groups in total. The molecule has 1 aromatic heterocycles. The minimum Gasteiger partial charge on any atom is -0.392 e. The van der Waals surface area contributed by atoms with E-state index < -0.39 is 0 Å². The van der Waals surface area contributed by atoms with E-state index in [1.165, 1.54) is 12.5 Å². The standard InChI is InChI=1S/C5H5ClN2O/c6-5-4(2-9)1-7-3-8-5/h1,3,9H,2H2. The molecule has 1 rings (SSSR count). The van der Waals surface area contributed by atoms with Gasteiger partial charge in [-0.25, -0.2) is 9.97 Å². The van der Waals surface area contributed by atoms with E-state index in [1.54, 1.807) is 0 Å². The zero-order valence-electron chi connectivity index (χ0n) is 4.58. The van der Waals surface area contributed by atoms with Gasteiger partial charge in [-0.1, -0.05) is 11.6 Å². The zero-order valence-corrected chi connectivity index (χ0v) is 5.34. The van der Waals surface area contributed by atoms with E-state index in [4.69, 9.17) is 16.7 Å². The lowest BCUT2D eigenvalue weighted by Crippen LogP contribution is -1.88. The molecule has 4 heteroatoms. The Morgan fingerprint density at radius 2 is 2.44 bits per heavy atom. The van der Waals surface area contributed by atoms with Crippen LogP contribution in [-0.4, -0.2) is 15.1 Å². The third-order valence-corrected chi connectivity index (χ3v) is 1.24. The fourth-order valence-corrected chi connectivity index (χ4v) is 0.602. The van der Waals surface area contributed by atoms with Crippen molar-refractivity contribution >= 4 is 11.6 Å². The summed E-state index contributed by atoms with van der Waals surface area (Å²) < 4.78 is 0. The fraction of sp³-hybridized carbons (Fsp3) is 0.200. The molecule has 0 amide bonds. The fourth-order valence-electron chi connectivity index (χ4n) is 0.450. The van der Waals surface area contributed by atoms with Gasteiger partial charge < -0.3 is 5.11 Å². The first-order chi connectivity index (χ1) is 4.34. The summed E-state index contributed by atoms with van der Waals surface area (Å²) >= 11 is 5.51. The SMILES string of the molecule is OCc1cncnc1Cl. The molecule has 0 aliphatic carbocycles. The molecule has 0 unspecified atom stereocenters. The van der Waals surface area contributed by atoms with E-state index in [9.17, 15) is 0 Å².